The minimum absolute atomic E-state index is 0.0728. The first kappa shape index (κ1) is 12.8. The highest BCUT2D eigenvalue weighted by Crippen LogP contribution is 2.26. The van der Waals surface area contributed by atoms with Crippen molar-refractivity contribution in [3.05, 3.63) is 0 Å². The molecule has 2 saturated carbocycles. The molecule has 3 unspecified atom stereocenters. The van der Waals surface area contributed by atoms with E-state index in [1.165, 1.54) is 0 Å². The molecule has 0 aromatic heterocycles. The summed E-state index contributed by atoms with van der Waals surface area (Å²) in [6, 6.07) is 0.668. The van der Waals surface area contributed by atoms with Crippen molar-refractivity contribution in [3.63, 3.8) is 0 Å². The Labute approximate surface area is 102 Å². The molecule has 98 valence electrons. The summed E-state index contributed by atoms with van der Waals surface area (Å²) in [5.41, 5.74) is 0. The molecule has 0 saturated heterocycles. The molecule has 2 aliphatic carbocycles. The van der Waals surface area contributed by atoms with Gasteiger partial charge in [0.15, 0.2) is 0 Å². The van der Waals surface area contributed by atoms with Crippen LogP contribution in [0.25, 0.3) is 0 Å². The zero-order chi connectivity index (χ0) is 12.3. The predicted octanol–water partition coefficient (Wildman–Crippen LogP) is 0.0470. The molecule has 0 heterocycles. The minimum Gasteiger partial charge on any atom is -0.377 e. The molecule has 0 radical (unpaired) electrons. The van der Waals surface area contributed by atoms with Crippen molar-refractivity contribution in [1.82, 2.24) is 10.6 Å². The van der Waals surface area contributed by atoms with Gasteiger partial charge in [-0.05, 0) is 26.2 Å². The molecule has 2 aliphatic rings. The first-order valence-electron chi connectivity index (χ1n) is 6.41. The van der Waals surface area contributed by atoms with Crippen molar-refractivity contribution in [2.24, 2.45) is 0 Å². The second-order valence-corrected chi connectivity index (χ2v) is 4.76. The number of nitrogens with one attached hydrogen (secondary N) is 2. The summed E-state index contributed by atoms with van der Waals surface area (Å²) >= 11 is 0. The fourth-order valence-corrected chi connectivity index (χ4v) is 2.20. The van der Waals surface area contributed by atoms with Crippen LogP contribution in [0.1, 0.15) is 26.2 Å². The van der Waals surface area contributed by atoms with Gasteiger partial charge in [-0.1, -0.05) is 0 Å². The first-order chi connectivity index (χ1) is 8.24. The van der Waals surface area contributed by atoms with Crippen LogP contribution in [0.15, 0.2) is 0 Å². The van der Waals surface area contributed by atoms with Crippen molar-refractivity contribution in [2.45, 2.75) is 50.5 Å². The second kappa shape index (κ2) is 5.80. The summed E-state index contributed by atoms with van der Waals surface area (Å²) in [6.07, 6.45) is 3.42. The lowest BCUT2D eigenvalue weighted by molar-refractivity contribution is -0.134. The Bertz CT molecular complexity index is 268. The summed E-state index contributed by atoms with van der Waals surface area (Å²) in [6.45, 7) is 3.07. The molecule has 0 aliphatic heterocycles. The highest BCUT2D eigenvalue weighted by Gasteiger charge is 2.42. The van der Waals surface area contributed by atoms with Crippen LogP contribution in [0.4, 0.5) is 0 Å². The molecule has 5 nitrogen and oxygen atoms in total. The molecular weight excluding hydrogens is 220 g/mol. The number of methoxy groups -OCH3 is 1. The second-order valence-electron chi connectivity index (χ2n) is 4.76. The van der Waals surface area contributed by atoms with E-state index in [9.17, 15) is 4.79 Å². The molecule has 3 atom stereocenters. The lowest BCUT2D eigenvalue weighted by Gasteiger charge is -2.43. The standard InChI is InChI=1S/C12H22N2O3/c1-3-17-10-6-9(12(10)16-2)13-7-11(15)14-8-4-5-8/h8-10,12-13H,3-7H2,1-2H3,(H,14,15). The van der Waals surface area contributed by atoms with Gasteiger partial charge in [-0.15, -0.1) is 0 Å². The summed E-state index contributed by atoms with van der Waals surface area (Å²) in [5.74, 6) is 0.0854. The van der Waals surface area contributed by atoms with Gasteiger partial charge >= 0.3 is 0 Å². The van der Waals surface area contributed by atoms with Gasteiger partial charge in [0.2, 0.25) is 5.91 Å². The fraction of sp³-hybridized carbons (Fsp3) is 0.917. The molecule has 2 N–H and O–H groups in total. The highest BCUT2D eigenvalue weighted by atomic mass is 16.5. The molecule has 5 heteroatoms. The quantitative estimate of drug-likeness (QED) is 0.662. The van der Waals surface area contributed by atoms with Crippen molar-refractivity contribution in [3.8, 4) is 0 Å². The Hall–Kier alpha value is -0.650. The zero-order valence-electron chi connectivity index (χ0n) is 10.6. The third-order valence-corrected chi connectivity index (χ3v) is 3.37. The molecule has 0 aromatic rings. The maximum atomic E-state index is 11.5. The number of carbonyl (C=O) groups is 1. The maximum Gasteiger partial charge on any atom is 0.234 e. The van der Waals surface area contributed by atoms with Gasteiger partial charge in [-0.3, -0.25) is 4.79 Å². The van der Waals surface area contributed by atoms with E-state index in [4.69, 9.17) is 9.47 Å². The van der Waals surface area contributed by atoms with E-state index in [0.717, 1.165) is 19.3 Å². The number of ether oxygens (including phenoxy) is 2. The molecule has 0 bridgehead atoms. The van der Waals surface area contributed by atoms with Crippen LogP contribution in [0.2, 0.25) is 0 Å². The average molecular weight is 242 g/mol. The Balaban J connectivity index is 1.63. The van der Waals surface area contributed by atoms with E-state index < -0.39 is 0 Å². The van der Waals surface area contributed by atoms with E-state index in [1.807, 2.05) is 6.92 Å². The average Bonchev–Trinajstić information content (AvgIpc) is 3.06. The van der Waals surface area contributed by atoms with Gasteiger partial charge in [-0.25, -0.2) is 0 Å². The fourth-order valence-electron chi connectivity index (χ4n) is 2.20. The topological polar surface area (TPSA) is 59.6 Å². The van der Waals surface area contributed by atoms with Gasteiger partial charge in [0.05, 0.1) is 18.8 Å². The molecule has 2 rings (SSSR count). The van der Waals surface area contributed by atoms with E-state index in [1.54, 1.807) is 7.11 Å². The largest absolute Gasteiger partial charge is 0.377 e. The molecule has 1 amide bonds. The lowest BCUT2D eigenvalue weighted by Crippen LogP contribution is -2.61. The van der Waals surface area contributed by atoms with Crippen LogP contribution in [-0.2, 0) is 14.3 Å². The van der Waals surface area contributed by atoms with Crippen LogP contribution < -0.4 is 10.6 Å². The van der Waals surface area contributed by atoms with Crippen LogP contribution in [0.3, 0.4) is 0 Å². The van der Waals surface area contributed by atoms with Crippen molar-refractivity contribution >= 4 is 5.91 Å². The highest BCUT2D eigenvalue weighted by molar-refractivity contribution is 5.78. The Morgan fingerprint density at radius 1 is 1.41 bits per heavy atom. The van der Waals surface area contributed by atoms with Crippen LogP contribution in [-0.4, -0.2) is 50.5 Å². The molecule has 17 heavy (non-hydrogen) atoms. The minimum atomic E-state index is 0.0728. The number of hydrogen-bond acceptors (Lipinski definition) is 4. The summed E-state index contributed by atoms with van der Waals surface area (Å²) < 4.78 is 10.9. The van der Waals surface area contributed by atoms with Crippen molar-refractivity contribution in [1.29, 1.82) is 0 Å². The third-order valence-electron chi connectivity index (χ3n) is 3.37. The smallest absolute Gasteiger partial charge is 0.234 e. The van der Waals surface area contributed by atoms with Crippen molar-refractivity contribution < 1.29 is 14.3 Å². The number of amides is 1. The Kier molecular flexibility index (Phi) is 4.36. The summed E-state index contributed by atoms with van der Waals surface area (Å²) in [5, 5.41) is 6.18. The van der Waals surface area contributed by atoms with E-state index >= 15 is 0 Å². The van der Waals surface area contributed by atoms with Crippen LogP contribution in [0.5, 0.6) is 0 Å². The Morgan fingerprint density at radius 2 is 2.18 bits per heavy atom. The number of rotatable bonds is 7. The van der Waals surface area contributed by atoms with E-state index in [0.29, 0.717) is 19.2 Å². The van der Waals surface area contributed by atoms with E-state index in [2.05, 4.69) is 10.6 Å². The summed E-state index contributed by atoms with van der Waals surface area (Å²) in [7, 11) is 1.69. The Morgan fingerprint density at radius 3 is 2.76 bits per heavy atom. The molecular formula is C12H22N2O3. The first-order valence-corrected chi connectivity index (χ1v) is 6.41. The molecule has 2 fully saturated rings. The number of carbonyl (C=O) groups excluding carboxylic acids is 1. The normalized spacial score (nSPS) is 32.0. The maximum absolute atomic E-state index is 11.5. The molecule has 0 aromatic carbocycles. The van der Waals surface area contributed by atoms with E-state index in [-0.39, 0.29) is 24.2 Å². The third kappa shape index (κ3) is 3.40. The van der Waals surface area contributed by atoms with Gasteiger partial charge < -0.3 is 20.1 Å². The zero-order valence-corrected chi connectivity index (χ0v) is 10.6. The predicted molar refractivity (Wildman–Crippen MR) is 63.8 cm³/mol. The van der Waals surface area contributed by atoms with Crippen LogP contribution in [0, 0.1) is 0 Å². The van der Waals surface area contributed by atoms with Crippen LogP contribution >= 0.6 is 0 Å². The van der Waals surface area contributed by atoms with Gasteiger partial charge in [0.25, 0.3) is 0 Å². The SMILES string of the molecule is CCOC1CC(NCC(=O)NC2CC2)C1OC. The lowest BCUT2D eigenvalue weighted by atomic mass is 9.85. The summed E-state index contributed by atoms with van der Waals surface area (Å²) in [4.78, 5) is 11.5. The van der Waals surface area contributed by atoms with Gasteiger partial charge in [0.1, 0.15) is 0 Å². The van der Waals surface area contributed by atoms with Gasteiger partial charge in [-0.2, -0.15) is 0 Å². The monoisotopic (exact) mass is 242 g/mol. The number of hydrogen-bond donors (Lipinski definition) is 2. The van der Waals surface area contributed by atoms with Crippen molar-refractivity contribution in [2.75, 3.05) is 20.3 Å². The van der Waals surface area contributed by atoms with Gasteiger partial charge in [0, 0.05) is 25.8 Å². The molecule has 0 spiro atoms.